The molecule has 1 saturated carbocycles. The summed E-state index contributed by atoms with van der Waals surface area (Å²) in [6.45, 7) is 2.60. The normalized spacial score (nSPS) is 42.3. The molecule has 1 unspecified atom stereocenters. The molecule has 13 heavy (non-hydrogen) atoms. The highest BCUT2D eigenvalue weighted by Gasteiger charge is 2.61. The summed E-state index contributed by atoms with van der Waals surface area (Å²) in [5.74, 6) is 7.95. The molecule has 0 amide bonds. The van der Waals surface area contributed by atoms with E-state index in [0.717, 1.165) is 31.1 Å². The molecule has 72 valence electrons. The summed E-state index contributed by atoms with van der Waals surface area (Å²) in [4.78, 5) is 0. The lowest BCUT2D eigenvalue weighted by molar-refractivity contribution is 0.182. The Bertz CT molecular complexity index is 222. The fourth-order valence-electron chi connectivity index (χ4n) is 3.15. The maximum absolute atomic E-state index is 9.43. The minimum Gasteiger partial charge on any atom is -0.396 e. The monoisotopic (exact) mass is 178 g/mol. The van der Waals surface area contributed by atoms with Gasteiger partial charge in [0.1, 0.15) is 0 Å². The van der Waals surface area contributed by atoms with Crippen molar-refractivity contribution >= 4 is 0 Å². The molecular weight excluding hydrogens is 160 g/mol. The predicted molar refractivity (Wildman–Crippen MR) is 53.0 cm³/mol. The molecule has 1 heteroatoms. The van der Waals surface area contributed by atoms with Gasteiger partial charge in [-0.25, -0.2) is 0 Å². The smallest absolute Gasteiger partial charge is 0.0492 e. The largest absolute Gasteiger partial charge is 0.396 e. The van der Waals surface area contributed by atoms with Crippen LogP contribution in [0.25, 0.3) is 0 Å². The number of fused-ring (bicyclic) bond motifs is 1. The maximum atomic E-state index is 9.43. The summed E-state index contributed by atoms with van der Waals surface area (Å²) in [5.41, 5.74) is 0.285. The van der Waals surface area contributed by atoms with E-state index in [4.69, 9.17) is 0 Å². The lowest BCUT2D eigenvalue weighted by Gasteiger charge is -2.11. The van der Waals surface area contributed by atoms with Gasteiger partial charge in [0, 0.05) is 19.4 Å². The predicted octanol–water partition coefficient (Wildman–Crippen LogP) is 2.20. The molecule has 2 aliphatic carbocycles. The number of aliphatic hydroxyl groups excluding tert-OH is 1. The molecule has 0 bridgehead atoms. The second-order valence-electron chi connectivity index (χ2n) is 4.39. The van der Waals surface area contributed by atoms with Crippen molar-refractivity contribution in [3.05, 3.63) is 0 Å². The third-order valence-corrected chi connectivity index (χ3v) is 4.09. The highest BCUT2D eigenvalue weighted by molar-refractivity contribution is 5.14. The first-order chi connectivity index (χ1) is 6.35. The Morgan fingerprint density at radius 3 is 2.15 bits per heavy atom. The Morgan fingerprint density at radius 2 is 1.77 bits per heavy atom. The van der Waals surface area contributed by atoms with E-state index < -0.39 is 0 Å². The summed E-state index contributed by atoms with van der Waals surface area (Å²) in [7, 11) is 0. The topological polar surface area (TPSA) is 20.2 Å². The Balaban J connectivity index is 2.06. The molecule has 3 atom stereocenters. The zero-order valence-corrected chi connectivity index (χ0v) is 8.34. The highest BCUT2D eigenvalue weighted by Crippen LogP contribution is 2.64. The van der Waals surface area contributed by atoms with E-state index in [0.29, 0.717) is 6.61 Å². The fraction of sp³-hybridized carbons (Fsp3) is 0.833. The van der Waals surface area contributed by atoms with Crippen molar-refractivity contribution in [1.29, 1.82) is 0 Å². The van der Waals surface area contributed by atoms with E-state index in [-0.39, 0.29) is 5.41 Å². The van der Waals surface area contributed by atoms with E-state index in [1.54, 1.807) is 0 Å². The zero-order valence-electron chi connectivity index (χ0n) is 8.34. The Hall–Kier alpha value is -0.480. The molecule has 0 radical (unpaired) electrons. The SMILES string of the molecule is CCC1(CO)[C@@H]2CCC#CCC[C@@H]21. The van der Waals surface area contributed by atoms with Crippen LogP contribution in [0.1, 0.15) is 39.0 Å². The van der Waals surface area contributed by atoms with Gasteiger partial charge in [-0.1, -0.05) is 6.92 Å². The van der Waals surface area contributed by atoms with Gasteiger partial charge in [-0.3, -0.25) is 0 Å². The van der Waals surface area contributed by atoms with Gasteiger partial charge >= 0.3 is 0 Å². The molecule has 0 aromatic rings. The third-order valence-electron chi connectivity index (χ3n) is 4.09. The van der Waals surface area contributed by atoms with Crippen LogP contribution >= 0.6 is 0 Å². The zero-order chi connectivity index (χ0) is 9.31. The van der Waals surface area contributed by atoms with Crippen LogP contribution < -0.4 is 0 Å². The molecule has 1 nitrogen and oxygen atoms in total. The van der Waals surface area contributed by atoms with Gasteiger partial charge in [-0.15, -0.1) is 11.8 Å². The minimum absolute atomic E-state index is 0.285. The van der Waals surface area contributed by atoms with E-state index in [1.165, 1.54) is 12.8 Å². The van der Waals surface area contributed by atoms with Crippen molar-refractivity contribution in [3.63, 3.8) is 0 Å². The van der Waals surface area contributed by atoms with Crippen molar-refractivity contribution in [2.45, 2.75) is 39.0 Å². The Labute approximate surface area is 80.5 Å². The molecule has 0 aromatic heterocycles. The van der Waals surface area contributed by atoms with Crippen molar-refractivity contribution in [2.75, 3.05) is 6.61 Å². The summed E-state index contributed by atoms with van der Waals surface area (Å²) in [5, 5.41) is 9.43. The minimum atomic E-state index is 0.285. The van der Waals surface area contributed by atoms with E-state index in [9.17, 15) is 5.11 Å². The molecule has 2 rings (SSSR count). The number of hydrogen-bond donors (Lipinski definition) is 1. The summed E-state index contributed by atoms with van der Waals surface area (Å²) in [6.07, 6.45) is 5.66. The number of aliphatic hydroxyl groups is 1. The van der Waals surface area contributed by atoms with Crippen LogP contribution in [-0.4, -0.2) is 11.7 Å². The van der Waals surface area contributed by atoms with Crippen LogP contribution in [0.4, 0.5) is 0 Å². The number of hydrogen-bond acceptors (Lipinski definition) is 1. The van der Waals surface area contributed by atoms with Crippen LogP contribution in [0.15, 0.2) is 0 Å². The van der Waals surface area contributed by atoms with Gasteiger partial charge in [-0.2, -0.15) is 0 Å². The van der Waals surface area contributed by atoms with Crippen molar-refractivity contribution in [2.24, 2.45) is 17.3 Å². The summed E-state index contributed by atoms with van der Waals surface area (Å²) < 4.78 is 0. The van der Waals surface area contributed by atoms with Crippen molar-refractivity contribution in [1.82, 2.24) is 0 Å². The fourth-order valence-corrected chi connectivity index (χ4v) is 3.15. The number of rotatable bonds is 2. The first kappa shape index (κ1) is 9.09. The second kappa shape index (κ2) is 3.35. The second-order valence-corrected chi connectivity index (χ2v) is 4.39. The quantitative estimate of drug-likeness (QED) is 0.643. The highest BCUT2D eigenvalue weighted by atomic mass is 16.3. The maximum Gasteiger partial charge on any atom is 0.0492 e. The third kappa shape index (κ3) is 1.28. The van der Waals surface area contributed by atoms with E-state index in [1.807, 2.05) is 0 Å². The first-order valence-corrected chi connectivity index (χ1v) is 5.41. The molecule has 0 aliphatic heterocycles. The van der Waals surface area contributed by atoms with Gasteiger partial charge in [0.05, 0.1) is 0 Å². The molecule has 0 spiro atoms. The van der Waals surface area contributed by atoms with Gasteiger partial charge in [0.2, 0.25) is 0 Å². The van der Waals surface area contributed by atoms with Gasteiger partial charge in [-0.05, 0) is 36.5 Å². The molecule has 1 N–H and O–H groups in total. The average molecular weight is 178 g/mol. The average Bonchev–Trinajstić information content (AvgIpc) is 2.71. The molecule has 0 aromatic carbocycles. The van der Waals surface area contributed by atoms with Crippen molar-refractivity contribution < 1.29 is 5.11 Å². The lowest BCUT2D eigenvalue weighted by atomic mass is 9.98. The van der Waals surface area contributed by atoms with Crippen LogP contribution in [0.3, 0.4) is 0 Å². The van der Waals surface area contributed by atoms with Crippen LogP contribution in [0, 0.1) is 29.1 Å². The summed E-state index contributed by atoms with van der Waals surface area (Å²) in [6, 6.07) is 0. The van der Waals surface area contributed by atoms with Crippen molar-refractivity contribution in [3.8, 4) is 11.8 Å². The van der Waals surface area contributed by atoms with Crippen LogP contribution in [-0.2, 0) is 0 Å². The summed E-state index contributed by atoms with van der Waals surface area (Å²) >= 11 is 0. The molecular formula is C12H18O. The molecule has 1 fully saturated rings. The van der Waals surface area contributed by atoms with E-state index in [2.05, 4.69) is 18.8 Å². The Kier molecular flexibility index (Phi) is 2.34. The van der Waals surface area contributed by atoms with Gasteiger partial charge in [0.25, 0.3) is 0 Å². The Morgan fingerprint density at radius 1 is 1.23 bits per heavy atom. The first-order valence-electron chi connectivity index (χ1n) is 5.41. The van der Waals surface area contributed by atoms with Crippen LogP contribution in [0.2, 0.25) is 0 Å². The lowest BCUT2D eigenvalue weighted by Crippen LogP contribution is -2.10. The standard InChI is InChI=1S/C12H18O/c1-2-12(9-13)10-7-5-3-4-6-8-11(10)12/h10-11,13H,2,5-9H2,1H3/t10-,11+,12?. The van der Waals surface area contributed by atoms with Gasteiger partial charge < -0.3 is 5.11 Å². The molecule has 2 aliphatic rings. The van der Waals surface area contributed by atoms with Crippen LogP contribution in [0.5, 0.6) is 0 Å². The molecule has 0 heterocycles. The van der Waals surface area contributed by atoms with Gasteiger partial charge in [0.15, 0.2) is 0 Å². The van der Waals surface area contributed by atoms with E-state index >= 15 is 0 Å². The molecule has 0 saturated heterocycles.